The number of sulfone groups is 1. The van der Waals surface area contributed by atoms with E-state index in [2.05, 4.69) is 5.32 Å². The molecule has 1 fully saturated rings. The Bertz CT molecular complexity index is 446. The molecule has 1 heterocycles. The lowest BCUT2D eigenvalue weighted by Crippen LogP contribution is -2.47. The number of hydrogen-bond donors (Lipinski definition) is 1. The monoisotopic (exact) mass is 239 g/mol. The van der Waals surface area contributed by atoms with Gasteiger partial charge in [-0.1, -0.05) is 29.8 Å². The highest BCUT2D eigenvalue weighted by Gasteiger charge is 2.23. The molecule has 0 aliphatic carbocycles. The Kier molecular flexibility index (Phi) is 3.30. The first kappa shape index (κ1) is 11.6. The van der Waals surface area contributed by atoms with E-state index in [1.165, 1.54) is 0 Å². The van der Waals surface area contributed by atoms with Crippen LogP contribution in [0.25, 0.3) is 0 Å². The summed E-state index contributed by atoms with van der Waals surface area (Å²) in [5.74, 6) is 0.423. The van der Waals surface area contributed by atoms with Gasteiger partial charge in [0.25, 0.3) is 0 Å². The molecule has 0 bridgehead atoms. The summed E-state index contributed by atoms with van der Waals surface area (Å²) in [4.78, 5) is 0. The van der Waals surface area contributed by atoms with Crippen molar-refractivity contribution in [2.75, 3.05) is 12.3 Å². The predicted octanol–water partition coefficient (Wildman–Crippen LogP) is 1.27. The number of nitrogens with one attached hydrogen (secondary N) is 1. The van der Waals surface area contributed by atoms with Gasteiger partial charge < -0.3 is 5.32 Å². The van der Waals surface area contributed by atoms with Crippen LogP contribution < -0.4 is 5.32 Å². The number of rotatable bonds is 4. The normalized spacial score (nSPS) is 20.4. The van der Waals surface area contributed by atoms with E-state index in [0.717, 1.165) is 24.1 Å². The zero-order chi connectivity index (χ0) is 11.6. The van der Waals surface area contributed by atoms with E-state index in [0.29, 0.717) is 0 Å². The molecule has 1 aromatic rings. The van der Waals surface area contributed by atoms with E-state index in [1.54, 1.807) is 0 Å². The molecule has 3 nitrogen and oxygen atoms in total. The van der Waals surface area contributed by atoms with Crippen LogP contribution in [0.1, 0.15) is 17.5 Å². The van der Waals surface area contributed by atoms with Crippen LogP contribution in [0.5, 0.6) is 0 Å². The van der Waals surface area contributed by atoms with Gasteiger partial charge in [-0.2, -0.15) is 0 Å². The smallest absolute Gasteiger partial charge is 0.155 e. The molecule has 1 aliphatic heterocycles. The average molecular weight is 239 g/mol. The quantitative estimate of drug-likeness (QED) is 0.860. The highest BCUT2D eigenvalue weighted by molar-refractivity contribution is 7.90. The summed E-state index contributed by atoms with van der Waals surface area (Å²) in [7, 11) is -2.97. The van der Waals surface area contributed by atoms with Crippen LogP contribution in [0.2, 0.25) is 0 Å². The van der Waals surface area contributed by atoms with Crippen molar-refractivity contribution < 1.29 is 8.42 Å². The van der Waals surface area contributed by atoms with Crippen LogP contribution in [-0.2, 0) is 15.6 Å². The van der Waals surface area contributed by atoms with Gasteiger partial charge in [0.05, 0.1) is 11.5 Å². The Labute approximate surface area is 96.8 Å². The zero-order valence-electron chi connectivity index (χ0n) is 9.44. The predicted molar refractivity (Wildman–Crippen MR) is 65.1 cm³/mol. The first-order chi connectivity index (χ1) is 7.55. The van der Waals surface area contributed by atoms with Gasteiger partial charge in [-0.25, -0.2) is 8.42 Å². The second kappa shape index (κ2) is 4.55. The first-order valence-electron chi connectivity index (χ1n) is 5.54. The minimum Gasteiger partial charge on any atom is -0.313 e. The summed E-state index contributed by atoms with van der Waals surface area (Å²) in [6.07, 6.45) is 0.979. The van der Waals surface area contributed by atoms with Crippen LogP contribution in [0.3, 0.4) is 0 Å². The molecule has 88 valence electrons. The van der Waals surface area contributed by atoms with E-state index in [4.69, 9.17) is 0 Å². The van der Waals surface area contributed by atoms with Gasteiger partial charge in [-0.15, -0.1) is 0 Å². The van der Waals surface area contributed by atoms with Crippen molar-refractivity contribution >= 4 is 9.84 Å². The SMILES string of the molecule is Cc1ccc(CS(=O)(=O)CC2CCN2)cc1. The second-order valence-corrected chi connectivity index (χ2v) is 6.59. The third-order valence-corrected chi connectivity index (χ3v) is 4.57. The van der Waals surface area contributed by atoms with Crippen LogP contribution in [-0.4, -0.2) is 26.8 Å². The van der Waals surface area contributed by atoms with Crippen LogP contribution in [0, 0.1) is 6.92 Å². The minimum absolute atomic E-state index is 0.158. The summed E-state index contributed by atoms with van der Waals surface area (Å²) in [6, 6.07) is 7.86. The summed E-state index contributed by atoms with van der Waals surface area (Å²) in [5, 5.41) is 3.12. The van der Waals surface area contributed by atoms with Crippen molar-refractivity contribution in [1.29, 1.82) is 0 Å². The van der Waals surface area contributed by atoms with Crippen LogP contribution in [0.4, 0.5) is 0 Å². The fourth-order valence-electron chi connectivity index (χ4n) is 1.79. The Hall–Kier alpha value is -0.870. The molecule has 1 aliphatic rings. The molecule has 2 rings (SSSR count). The highest BCUT2D eigenvalue weighted by atomic mass is 32.2. The van der Waals surface area contributed by atoms with Gasteiger partial charge in [0.15, 0.2) is 9.84 Å². The number of benzene rings is 1. The third-order valence-electron chi connectivity index (χ3n) is 2.89. The Morgan fingerprint density at radius 2 is 1.94 bits per heavy atom. The van der Waals surface area contributed by atoms with E-state index in [9.17, 15) is 8.42 Å². The van der Waals surface area contributed by atoms with Gasteiger partial charge in [0.1, 0.15) is 0 Å². The van der Waals surface area contributed by atoms with Crippen molar-refractivity contribution in [3.63, 3.8) is 0 Å². The van der Waals surface area contributed by atoms with Gasteiger partial charge in [0, 0.05) is 6.04 Å². The lowest BCUT2D eigenvalue weighted by molar-refractivity contribution is 0.398. The summed E-state index contributed by atoms with van der Waals surface area (Å²) >= 11 is 0. The Balaban J connectivity index is 1.99. The third kappa shape index (κ3) is 3.06. The van der Waals surface area contributed by atoms with Gasteiger partial charge in [0.2, 0.25) is 0 Å². The summed E-state index contributed by atoms with van der Waals surface area (Å²) in [6.45, 7) is 2.95. The fourth-order valence-corrected chi connectivity index (χ4v) is 3.51. The fraction of sp³-hybridized carbons (Fsp3) is 0.500. The van der Waals surface area contributed by atoms with E-state index in [-0.39, 0.29) is 17.5 Å². The molecule has 1 unspecified atom stereocenters. The standard InChI is InChI=1S/C12H17NO2S/c1-10-2-4-11(5-3-10)8-16(14,15)9-12-6-7-13-12/h2-5,12-13H,6-9H2,1H3. The molecule has 16 heavy (non-hydrogen) atoms. The molecule has 0 spiro atoms. The molecule has 0 aromatic heterocycles. The topological polar surface area (TPSA) is 46.2 Å². The van der Waals surface area contributed by atoms with Crippen molar-refractivity contribution in [3.8, 4) is 0 Å². The molecule has 0 amide bonds. The molecule has 4 heteroatoms. The van der Waals surface area contributed by atoms with Gasteiger partial charge in [-0.3, -0.25) is 0 Å². The highest BCUT2D eigenvalue weighted by Crippen LogP contribution is 2.12. The van der Waals surface area contributed by atoms with Crippen LogP contribution in [0.15, 0.2) is 24.3 Å². The maximum atomic E-state index is 11.8. The van der Waals surface area contributed by atoms with Crippen molar-refractivity contribution in [1.82, 2.24) is 5.32 Å². The average Bonchev–Trinajstić information content (AvgIpc) is 2.16. The molecule has 1 atom stereocenters. The molecule has 1 saturated heterocycles. The maximum absolute atomic E-state index is 11.8. The minimum atomic E-state index is -2.97. The largest absolute Gasteiger partial charge is 0.313 e. The van der Waals surface area contributed by atoms with Crippen molar-refractivity contribution in [2.45, 2.75) is 25.1 Å². The Morgan fingerprint density at radius 3 is 2.44 bits per heavy atom. The maximum Gasteiger partial charge on any atom is 0.155 e. The molecular formula is C12H17NO2S. The molecular weight excluding hydrogens is 222 g/mol. The molecule has 1 N–H and O–H groups in total. The van der Waals surface area contributed by atoms with Crippen molar-refractivity contribution in [3.05, 3.63) is 35.4 Å². The van der Waals surface area contributed by atoms with Gasteiger partial charge in [-0.05, 0) is 25.5 Å². The second-order valence-electron chi connectivity index (χ2n) is 4.48. The Morgan fingerprint density at radius 1 is 1.31 bits per heavy atom. The zero-order valence-corrected chi connectivity index (χ0v) is 10.3. The van der Waals surface area contributed by atoms with E-state index < -0.39 is 9.84 Å². The van der Waals surface area contributed by atoms with E-state index in [1.807, 2.05) is 31.2 Å². The molecule has 0 saturated carbocycles. The lowest BCUT2D eigenvalue weighted by Gasteiger charge is -2.27. The van der Waals surface area contributed by atoms with E-state index >= 15 is 0 Å². The lowest BCUT2D eigenvalue weighted by atomic mass is 10.1. The summed E-state index contributed by atoms with van der Waals surface area (Å²) in [5.41, 5.74) is 2.03. The summed E-state index contributed by atoms with van der Waals surface area (Å²) < 4.78 is 23.7. The number of hydrogen-bond acceptors (Lipinski definition) is 3. The molecule has 1 aromatic carbocycles. The number of aryl methyl sites for hydroxylation is 1. The van der Waals surface area contributed by atoms with Gasteiger partial charge >= 0.3 is 0 Å². The molecule has 0 radical (unpaired) electrons. The van der Waals surface area contributed by atoms with Crippen molar-refractivity contribution in [2.24, 2.45) is 0 Å². The van der Waals surface area contributed by atoms with Crippen LogP contribution >= 0.6 is 0 Å². The first-order valence-corrected chi connectivity index (χ1v) is 7.37.